The molecule has 127 heavy (non-hydrogen) atoms. The van der Waals surface area contributed by atoms with Crippen LogP contribution in [0.3, 0.4) is 0 Å². The quantitative estimate of drug-likeness (QED) is 0.133. The first-order chi connectivity index (χ1) is 80.2. The van der Waals surface area contributed by atoms with Gasteiger partial charge in [-0.2, -0.15) is 0 Å². The number of halogens is 1. The van der Waals surface area contributed by atoms with Crippen LogP contribution >= 0.6 is 11.6 Å². The minimum Gasteiger partial charge on any atom is -0.440 e. The van der Waals surface area contributed by atoms with Gasteiger partial charge < -0.3 is 23.5 Å². The second-order valence-corrected chi connectivity index (χ2v) is 39.4. The van der Waals surface area contributed by atoms with Crippen molar-refractivity contribution in [2.24, 2.45) is 21.7 Å². The monoisotopic (exact) mass is 1720 g/mol. The van der Waals surface area contributed by atoms with E-state index in [9.17, 15) is 34.3 Å². The smallest absolute Gasteiger partial charge is 0.257 e. The molecule has 0 saturated heterocycles. The van der Waals surface area contributed by atoms with Crippen molar-refractivity contribution in [3.8, 4) is 0 Å². The van der Waals surface area contributed by atoms with E-state index in [1.807, 2.05) is 27.7 Å². The summed E-state index contributed by atoms with van der Waals surface area (Å²) in [5.74, 6) is -0.547. The summed E-state index contributed by atoms with van der Waals surface area (Å²) in [7, 11) is 0. The van der Waals surface area contributed by atoms with Crippen LogP contribution < -0.4 is 57.3 Å². The Morgan fingerprint density at radius 3 is 1.02 bits per heavy atom. The second kappa shape index (κ2) is 29.9. The van der Waals surface area contributed by atoms with E-state index >= 15 is 0 Å². The van der Waals surface area contributed by atoms with Crippen molar-refractivity contribution in [3.05, 3.63) is 374 Å². The van der Waals surface area contributed by atoms with E-state index in [4.69, 9.17) is 49.2 Å². The maximum Gasteiger partial charge on any atom is 0.257 e. The van der Waals surface area contributed by atoms with Crippen LogP contribution in [0.25, 0.3) is 21.9 Å². The lowest BCUT2D eigenvalue weighted by molar-refractivity contribution is 0.392. The lowest BCUT2D eigenvalue weighted by Crippen LogP contribution is -2.61. The molecule has 0 spiro atoms. The van der Waals surface area contributed by atoms with Gasteiger partial charge in [0.2, 0.25) is 11.8 Å². The van der Waals surface area contributed by atoms with Gasteiger partial charge in [-0.1, -0.05) is 290 Å². The summed E-state index contributed by atoms with van der Waals surface area (Å²) in [5, 5.41) is -0.140. The minimum atomic E-state index is -1.50. The molecule has 8 aliphatic rings. The first kappa shape index (κ1) is 44.8. The van der Waals surface area contributed by atoms with Crippen molar-refractivity contribution in [3.63, 3.8) is 0 Å². The average Bonchev–Trinajstić information content (AvgIpc) is 1.59. The van der Waals surface area contributed by atoms with E-state index in [-0.39, 0.29) is 231 Å². The van der Waals surface area contributed by atoms with Crippen LogP contribution in [0, 0.1) is 21.7 Å². The highest BCUT2D eigenvalue weighted by molar-refractivity contribution is 7.02. The van der Waals surface area contributed by atoms with Crippen LogP contribution in [0.4, 0.5) is 85.7 Å². The molecule has 16 aromatic rings. The molecule has 10 heteroatoms. The van der Waals surface area contributed by atoms with Crippen LogP contribution in [0.2, 0.25) is 5.02 Å². The summed E-state index contributed by atoms with van der Waals surface area (Å²) in [6, 6.07) is -18.1. The molecule has 6 heterocycles. The van der Waals surface area contributed by atoms with Gasteiger partial charge in [-0.25, -0.2) is 0 Å². The molecule has 4 aliphatic heterocycles. The minimum absolute atomic E-state index is 0.0000410. The molecular weight excluding hydrogens is 1560 g/mol. The molecule has 2 aromatic heterocycles. The summed E-state index contributed by atoms with van der Waals surface area (Å²) >= 11 is 7.16. The van der Waals surface area contributed by atoms with Gasteiger partial charge in [0.25, 0.3) is 13.4 Å². The normalized spacial score (nSPS) is 21.3. The van der Waals surface area contributed by atoms with E-state index < -0.39 is 281 Å². The van der Waals surface area contributed by atoms with Crippen LogP contribution in [-0.4, -0.2) is 13.4 Å². The van der Waals surface area contributed by atoms with Gasteiger partial charge in [-0.05, 0) is 300 Å². The Balaban J connectivity index is 0.000000164. The number of benzene rings is 14. The number of hydrogen-bond acceptors (Lipinski definition) is 7. The van der Waals surface area contributed by atoms with Crippen LogP contribution in [0.1, 0.15) is 227 Å². The van der Waals surface area contributed by atoms with Gasteiger partial charge in [0.15, 0.2) is 0 Å². The number of nitrogens with zero attached hydrogens (tertiary/aromatic N) is 5. The fraction of sp³-hybridized carbons (Fsp3) is 0.248. The molecule has 0 fully saturated rings. The van der Waals surface area contributed by atoms with Gasteiger partial charge in [0.1, 0.15) is 11.2 Å². The van der Waals surface area contributed by atoms with E-state index in [0.29, 0.717) is 82.1 Å². The first-order valence-electron chi connectivity index (χ1n) is 65.3. The Morgan fingerprint density at radius 1 is 0.323 bits per heavy atom. The summed E-state index contributed by atoms with van der Waals surface area (Å²) in [4.78, 5) is 6.36. The molecule has 14 aromatic carbocycles. The Bertz CT molecular complexity index is 9760. The predicted molar refractivity (Wildman–Crippen MR) is 538 cm³/mol. The Hall–Kier alpha value is -12.4. The number of furan rings is 2. The number of fused-ring (bicyclic) bond motifs is 16. The molecule has 24 rings (SSSR count). The fourth-order valence-corrected chi connectivity index (χ4v) is 19.6. The Morgan fingerprint density at radius 2 is 0.638 bits per heavy atom. The van der Waals surface area contributed by atoms with Crippen molar-refractivity contribution in [1.82, 2.24) is 0 Å². The molecular formula is C117H110B2ClN5O2. The van der Waals surface area contributed by atoms with E-state index in [0.717, 1.165) is 9.80 Å². The van der Waals surface area contributed by atoms with Crippen molar-refractivity contribution in [2.75, 3.05) is 24.5 Å². The van der Waals surface area contributed by atoms with Crippen LogP contribution in [-0.2, 0) is 68.6 Å². The van der Waals surface area contributed by atoms with Gasteiger partial charge >= 0.3 is 0 Å². The Labute approximate surface area is 820 Å². The number of rotatable bonds is 9. The van der Waals surface area contributed by atoms with Crippen molar-refractivity contribution in [1.29, 1.82) is 0 Å². The number of anilines is 15. The third-order valence-corrected chi connectivity index (χ3v) is 25.0. The predicted octanol–water partition coefficient (Wildman–Crippen LogP) is 27.5. The third kappa shape index (κ3) is 14.2. The van der Waals surface area contributed by atoms with Gasteiger partial charge in [0.05, 0.1) is 68.7 Å². The van der Waals surface area contributed by atoms with Crippen molar-refractivity contribution >= 4 is 165 Å². The molecule has 0 amide bonds. The van der Waals surface area contributed by atoms with Gasteiger partial charge in [-0.15, -0.1) is 0 Å². The largest absolute Gasteiger partial charge is 0.440 e. The first-order valence-corrected chi connectivity index (χ1v) is 42.6. The molecule has 7 nitrogen and oxygen atoms in total. The molecule has 0 bridgehead atoms. The molecule has 0 saturated carbocycles. The summed E-state index contributed by atoms with van der Waals surface area (Å²) < 4.78 is 432. The lowest BCUT2D eigenvalue weighted by atomic mass is 9.33. The lowest BCUT2D eigenvalue weighted by Gasteiger charge is -2.43. The molecule has 0 N–H and O–H groups in total. The highest BCUT2D eigenvalue weighted by Gasteiger charge is 2.51. The molecule has 628 valence electrons. The zero-order valence-electron chi connectivity index (χ0n) is 118. The van der Waals surface area contributed by atoms with Crippen LogP contribution in [0.15, 0.2) is 311 Å². The van der Waals surface area contributed by atoms with Crippen molar-refractivity contribution < 1.29 is 71.9 Å². The zero-order chi connectivity index (χ0) is 127. The SMILES string of the molecule is [2H]c1c([2H])c(N2c3cc(Cl)cc4c3B(c3c([2H])c5c(c([2H])c32)CC(C)(C)C5)c2c(oc3c([2H])c([2H])c([2H])c([2H])c23)N4c2c([2H])c([2H])c(C(C)(C)C)c([2H])c2[2H])c([2H])c2c1CC(C)(C)C2.[2H]c1c([2H])c([2H])c(Cc2c([2H])c([2H])c([2H])c([2H])c2[2H])c([2H])c1[2H].[2H]c1c([2H])c([2H])c(N(c2cc3c4c(c2)N(c2c([2H])c([2H])c5c(c2[2H])CC(C)(C)C5)c2c([2H])c5c(c([2H])c2B4c2c(oc4c([2H])c([2H])c([2H])c([2H])c24)N3c2c([2H])c([2H])c(C(C)(C)C)c([2H])c2[2H])CC(C)(C)C5)c2c([2H])c([2H])c([2H])c([2H])c2[2H])c([2H])c1[2H]. The second-order valence-electron chi connectivity index (χ2n) is 39.0. The standard InChI is InChI=1S/C58H54BN3O.C46H44BClN2O.C13H12/c1-56(2,3)41-23-26-44(27-24-41)62-51-32-46(60(42-16-10-8-11-17-42)43-18-12-9-13-19-43)31-50-54(51)59(53-47-20-14-15-21-52(47)63-55(53)62)48-29-39-35-58(6,7)36-40(39)30-49(48)61(50)45-25-22-37-33-57(4,5)34-38(37)28-45;1-44(2,3)31-13-16-33(17-14-31)50-39-22-32(48)21-38-42(39)47(41-35-10-8-9-11-40(35)51-43(41)50)36-19-29-25-46(6,7)26-30(29)20-37(36)49(38)34-15-12-27-23-45(4,5)24-28(27)18-34;1-3-7-12(8-4-1)11-13-9-5-2-6-10-13/h8-32H,33-36H2,1-7H3;8-22H,23-26H2,1-7H3;1-10H,11H2/i8D,9D,10D,11D,12D,13D,14D,15D,16D,17D,18D,19D,20D,21D,22D,23D,24D,25D,26D,27D,28D,29D,30D;8D,9D,10D,11D,12D,13D,14D,15D,16D,17D,18D,19D,20D;1D,2D,3D,4D,5D,6D,7D,8D,9D,10D. The van der Waals surface area contributed by atoms with Gasteiger partial charge in [0, 0.05) is 95.0 Å². The maximum atomic E-state index is 10.5. The third-order valence-electron chi connectivity index (χ3n) is 24.8. The Kier molecular flexibility index (Phi) is 10.5. The highest BCUT2D eigenvalue weighted by atomic mass is 35.5. The summed E-state index contributed by atoms with van der Waals surface area (Å²) in [5.41, 5.74) is -2.09. The van der Waals surface area contributed by atoms with Crippen LogP contribution in [0.5, 0.6) is 0 Å². The molecule has 4 aliphatic carbocycles. The summed E-state index contributed by atoms with van der Waals surface area (Å²) in [6.45, 7) is 23.9. The molecule has 0 radical (unpaired) electrons. The van der Waals surface area contributed by atoms with E-state index in [2.05, 4.69) is 27.7 Å². The number of hydrogen-bond donors (Lipinski definition) is 0. The van der Waals surface area contributed by atoms with Gasteiger partial charge in [-0.3, -0.25) is 9.80 Å². The molecule has 0 unspecified atom stereocenters. The maximum absolute atomic E-state index is 10.5. The highest BCUT2D eigenvalue weighted by Crippen LogP contribution is 2.55. The molecule has 0 atom stereocenters. The number of para-hydroxylation sites is 4. The average molecular weight is 1720 g/mol. The fourth-order valence-electron chi connectivity index (χ4n) is 19.3. The van der Waals surface area contributed by atoms with Crippen molar-refractivity contribution in [2.45, 2.75) is 166 Å². The van der Waals surface area contributed by atoms with E-state index in [1.165, 1.54) is 21.9 Å². The topological polar surface area (TPSA) is 42.5 Å². The van der Waals surface area contributed by atoms with E-state index in [1.54, 1.807) is 58.6 Å². The summed E-state index contributed by atoms with van der Waals surface area (Å²) in [6.07, 6.45) is 2.67. The zero-order valence-corrected chi connectivity index (χ0v) is 73.0.